The molecule has 0 aliphatic rings. The SMILES string of the molecule is COC(=O)/C(C#N)=C/c1ccc(Oc2ccccc2Cl)c([N+](=O)[O-])c1. The summed E-state index contributed by atoms with van der Waals surface area (Å²) in [4.78, 5) is 22.1. The second kappa shape index (κ2) is 7.95. The Morgan fingerprint density at radius 2 is 2.00 bits per heavy atom. The van der Waals surface area contributed by atoms with Gasteiger partial charge in [0.1, 0.15) is 17.4 Å². The molecule has 0 amide bonds. The highest BCUT2D eigenvalue weighted by atomic mass is 35.5. The minimum Gasteiger partial charge on any atom is -0.465 e. The third kappa shape index (κ3) is 4.34. The van der Waals surface area contributed by atoms with Gasteiger partial charge in [-0.15, -0.1) is 0 Å². The number of carbonyl (C=O) groups is 1. The summed E-state index contributed by atoms with van der Waals surface area (Å²) in [5.74, 6) is -0.587. The van der Waals surface area contributed by atoms with Crippen LogP contribution in [-0.2, 0) is 9.53 Å². The van der Waals surface area contributed by atoms with Crippen LogP contribution in [0.15, 0.2) is 48.0 Å². The van der Waals surface area contributed by atoms with E-state index in [1.54, 1.807) is 30.3 Å². The normalized spacial score (nSPS) is 10.7. The molecule has 126 valence electrons. The Hall–Kier alpha value is -3.37. The predicted molar refractivity (Wildman–Crippen MR) is 90.2 cm³/mol. The Bertz CT molecular complexity index is 902. The van der Waals surface area contributed by atoms with Crippen molar-refractivity contribution >= 4 is 29.3 Å². The monoisotopic (exact) mass is 358 g/mol. The maximum atomic E-state index is 11.4. The lowest BCUT2D eigenvalue weighted by atomic mass is 10.1. The van der Waals surface area contributed by atoms with Crippen LogP contribution < -0.4 is 4.74 Å². The third-order valence-corrected chi connectivity index (χ3v) is 3.39. The van der Waals surface area contributed by atoms with E-state index in [9.17, 15) is 14.9 Å². The number of hydrogen-bond acceptors (Lipinski definition) is 6. The molecule has 0 bridgehead atoms. The first-order chi connectivity index (χ1) is 12.0. The minimum atomic E-state index is -0.832. The van der Waals surface area contributed by atoms with E-state index in [2.05, 4.69) is 4.74 Å². The molecule has 0 aromatic heterocycles. The van der Waals surface area contributed by atoms with Crippen molar-refractivity contribution in [1.29, 1.82) is 5.26 Å². The Balaban J connectivity index is 2.44. The quantitative estimate of drug-likeness (QED) is 0.262. The first-order valence-corrected chi connectivity index (χ1v) is 7.25. The van der Waals surface area contributed by atoms with Gasteiger partial charge in [0.25, 0.3) is 0 Å². The molecule has 8 heteroatoms. The van der Waals surface area contributed by atoms with Crippen molar-refractivity contribution in [2.24, 2.45) is 0 Å². The van der Waals surface area contributed by atoms with Crippen molar-refractivity contribution in [2.75, 3.05) is 7.11 Å². The molecule has 0 aliphatic carbocycles. The number of nitro groups is 1. The van der Waals surface area contributed by atoms with Crippen LogP contribution in [0.5, 0.6) is 11.5 Å². The van der Waals surface area contributed by atoms with E-state index in [4.69, 9.17) is 21.6 Å². The molecule has 25 heavy (non-hydrogen) atoms. The first-order valence-electron chi connectivity index (χ1n) is 6.87. The molecule has 0 fully saturated rings. The van der Waals surface area contributed by atoms with Gasteiger partial charge in [-0.1, -0.05) is 29.8 Å². The fourth-order valence-electron chi connectivity index (χ4n) is 1.91. The van der Waals surface area contributed by atoms with Crippen LogP contribution in [0, 0.1) is 21.4 Å². The number of carbonyl (C=O) groups excluding carboxylic acids is 1. The molecule has 2 aromatic carbocycles. The number of rotatable bonds is 5. The molecular formula is C17H11ClN2O5. The zero-order chi connectivity index (χ0) is 18.4. The highest BCUT2D eigenvalue weighted by molar-refractivity contribution is 6.32. The maximum Gasteiger partial charge on any atom is 0.348 e. The van der Waals surface area contributed by atoms with Crippen LogP contribution in [-0.4, -0.2) is 18.0 Å². The smallest absolute Gasteiger partial charge is 0.348 e. The maximum absolute atomic E-state index is 11.4. The van der Waals surface area contributed by atoms with E-state index < -0.39 is 10.9 Å². The zero-order valence-electron chi connectivity index (χ0n) is 12.9. The summed E-state index contributed by atoms with van der Waals surface area (Å²) in [5.41, 5.74) is -0.340. The van der Waals surface area contributed by atoms with Crippen molar-refractivity contribution < 1.29 is 19.2 Å². The van der Waals surface area contributed by atoms with Gasteiger partial charge >= 0.3 is 11.7 Å². The fourth-order valence-corrected chi connectivity index (χ4v) is 2.09. The number of nitriles is 1. The van der Waals surface area contributed by atoms with Crippen LogP contribution in [0.1, 0.15) is 5.56 Å². The Labute approximate surface area is 147 Å². The van der Waals surface area contributed by atoms with Crippen LogP contribution in [0.3, 0.4) is 0 Å². The van der Waals surface area contributed by atoms with Crippen LogP contribution in [0.2, 0.25) is 5.02 Å². The topological polar surface area (TPSA) is 102 Å². The summed E-state index contributed by atoms with van der Waals surface area (Å²) in [5, 5.41) is 20.6. The molecule has 0 saturated carbocycles. The van der Waals surface area contributed by atoms with Crippen molar-refractivity contribution in [2.45, 2.75) is 0 Å². The lowest BCUT2D eigenvalue weighted by Gasteiger charge is -2.08. The Kier molecular flexibility index (Phi) is 5.71. The van der Waals surface area contributed by atoms with Crippen LogP contribution >= 0.6 is 11.6 Å². The summed E-state index contributed by atoms with van der Waals surface area (Å²) in [6, 6.07) is 12.2. The van der Waals surface area contributed by atoms with Crippen molar-refractivity contribution in [1.82, 2.24) is 0 Å². The van der Waals surface area contributed by atoms with Gasteiger partial charge in [0.2, 0.25) is 5.75 Å². The molecule has 2 rings (SSSR count). The van der Waals surface area contributed by atoms with Gasteiger partial charge in [-0.25, -0.2) is 4.79 Å². The molecule has 0 aliphatic heterocycles. The molecule has 7 nitrogen and oxygen atoms in total. The number of ether oxygens (including phenoxy) is 2. The first kappa shape index (κ1) is 18.0. The van der Waals surface area contributed by atoms with Gasteiger partial charge in [0.15, 0.2) is 0 Å². The van der Waals surface area contributed by atoms with E-state index in [0.717, 1.165) is 7.11 Å². The molecule has 0 radical (unpaired) electrons. The molecule has 0 atom stereocenters. The number of esters is 1. The van der Waals surface area contributed by atoms with Crippen molar-refractivity contribution in [3.05, 3.63) is 68.7 Å². The van der Waals surface area contributed by atoms with Crippen LogP contribution in [0.25, 0.3) is 6.08 Å². The fraction of sp³-hybridized carbons (Fsp3) is 0.0588. The molecular weight excluding hydrogens is 348 g/mol. The summed E-state index contributed by atoms with van der Waals surface area (Å²) < 4.78 is 9.97. The van der Waals surface area contributed by atoms with E-state index in [0.29, 0.717) is 5.02 Å². The van der Waals surface area contributed by atoms with Gasteiger partial charge < -0.3 is 9.47 Å². The standard InChI is InChI=1S/C17H11ClN2O5/c1-24-17(21)12(10-19)8-11-6-7-16(14(9-11)20(22)23)25-15-5-3-2-4-13(15)18/h2-9H,1H3/b12-8+. The highest BCUT2D eigenvalue weighted by Gasteiger charge is 2.18. The third-order valence-electron chi connectivity index (χ3n) is 3.07. The summed E-state index contributed by atoms with van der Waals surface area (Å²) in [7, 11) is 1.14. The number of para-hydroxylation sites is 1. The average molecular weight is 359 g/mol. The summed E-state index contributed by atoms with van der Waals surface area (Å²) in [6.45, 7) is 0. The van der Waals surface area contributed by atoms with E-state index >= 15 is 0 Å². The molecule has 0 heterocycles. The Morgan fingerprint density at radius 3 is 2.60 bits per heavy atom. The van der Waals surface area contributed by atoms with Gasteiger partial charge in [-0.3, -0.25) is 10.1 Å². The highest BCUT2D eigenvalue weighted by Crippen LogP contribution is 2.35. The lowest BCUT2D eigenvalue weighted by molar-refractivity contribution is -0.385. The largest absolute Gasteiger partial charge is 0.465 e. The van der Waals surface area contributed by atoms with Crippen LogP contribution in [0.4, 0.5) is 5.69 Å². The average Bonchev–Trinajstić information content (AvgIpc) is 2.61. The van der Waals surface area contributed by atoms with Crippen molar-refractivity contribution in [3.8, 4) is 17.6 Å². The van der Waals surface area contributed by atoms with Crippen molar-refractivity contribution in [3.63, 3.8) is 0 Å². The second-order valence-electron chi connectivity index (χ2n) is 4.68. The molecule has 0 N–H and O–H groups in total. The number of methoxy groups -OCH3 is 1. The summed E-state index contributed by atoms with van der Waals surface area (Å²) in [6.07, 6.45) is 1.19. The zero-order valence-corrected chi connectivity index (χ0v) is 13.7. The molecule has 0 unspecified atom stereocenters. The Morgan fingerprint density at radius 1 is 1.28 bits per heavy atom. The van der Waals surface area contributed by atoms with E-state index in [1.807, 2.05) is 0 Å². The lowest BCUT2D eigenvalue weighted by Crippen LogP contribution is -2.02. The number of hydrogen-bond donors (Lipinski definition) is 0. The number of benzene rings is 2. The van der Waals surface area contributed by atoms with E-state index in [1.165, 1.54) is 24.3 Å². The van der Waals surface area contributed by atoms with Gasteiger partial charge in [-0.2, -0.15) is 5.26 Å². The summed E-state index contributed by atoms with van der Waals surface area (Å²) >= 11 is 5.98. The second-order valence-corrected chi connectivity index (χ2v) is 5.09. The van der Waals surface area contributed by atoms with Gasteiger partial charge in [0, 0.05) is 6.07 Å². The van der Waals surface area contributed by atoms with Gasteiger partial charge in [-0.05, 0) is 29.8 Å². The number of halogens is 1. The minimum absolute atomic E-state index is 0.0215. The van der Waals surface area contributed by atoms with Gasteiger partial charge in [0.05, 0.1) is 17.1 Å². The molecule has 0 saturated heterocycles. The molecule has 0 spiro atoms. The van der Waals surface area contributed by atoms with E-state index in [-0.39, 0.29) is 28.3 Å². The number of nitro benzene ring substituents is 1. The molecule has 2 aromatic rings. The number of nitrogens with zero attached hydrogens (tertiary/aromatic N) is 2. The predicted octanol–water partition coefficient (Wildman–Crippen LogP) is 4.12.